The minimum absolute atomic E-state index is 0.0663. The van der Waals surface area contributed by atoms with Crippen LogP contribution in [0.5, 0.6) is 0 Å². The fourth-order valence-electron chi connectivity index (χ4n) is 14.1. The first-order chi connectivity index (χ1) is 28.0. The Bertz CT molecular complexity index is 1610. The minimum atomic E-state index is -1.86. The normalized spacial score (nSPS) is 42.2. The summed E-state index contributed by atoms with van der Waals surface area (Å²) in [5, 5.41) is 38.0. The summed E-state index contributed by atoms with van der Waals surface area (Å²) in [5.74, 6) is -3.79. The number of carbonyl (C=O) groups excluding carboxylic acids is 2. The summed E-state index contributed by atoms with van der Waals surface area (Å²) in [6.45, 7) is 2.93. The van der Waals surface area contributed by atoms with Gasteiger partial charge in [0.05, 0.1) is 30.5 Å². The summed E-state index contributed by atoms with van der Waals surface area (Å²) in [5.41, 5.74) is -4.93. The van der Waals surface area contributed by atoms with Crippen LogP contribution in [0.1, 0.15) is 101 Å². The molecule has 12 nitrogen and oxygen atoms in total. The fourth-order valence-corrected chi connectivity index (χ4v) is 14.1. The van der Waals surface area contributed by atoms with Crippen molar-refractivity contribution in [1.82, 2.24) is 4.90 Å². The molecule has 3 N–H and O–H groups in total. The maximum Gasteiger partial charge on any atom is 0.338 e. The zero-order valence-electron chi connectivity index (χ0n) is 35.6. The van der Waals surface area contributed by atoms with Gasteiger partial charge in [-0.2, -0.15) is 0 Å². The van der Waals surface area contributed by atoms with E-state index in [9.17, 15) is 24.9 Å². The molecule has 0 amide bonds. The largest absolute Gasteiger partial charge is 0.455 e. The van der Waals surface area contributed by atoms with Gasteiger partial charge in [-0.25, -0.2) is 9.59 Å². The molecule has 1 saturated heterocycles. The highest BCUT2D eigenvalue weighted by Crippen LogP contribution is 2.80. The van der Waals surface area contributed by atoms with E-state index in [1.807, 2.05) is 13.1 Å². The van der Waals surface area contributed by atoms with Crippen molar-refractivity contribution in [3.05, 3.63) is 48.0 Å². The van der Waals surface area contributed by atoms with Gasteiger partial charge in [0, 0.05) is 82.1 Å². The number of benzene rings is 1. The van der Waals surface area contributed by atoms with Gasteiger partial charge in [0.1, 0.15) is 23.9 Å². The Morgan fingerprint density at radius 2 is 1.55 bits per heavy atom. The second kappa shape index (κ2) is 17.5. The molecule has 1 unspecified atom stereocenters. The first-order valence-corrected chi connectivity index (χ1v) is 22.0. The summed E-state index contributed by atoms with van der Waals surface area (Å²) < 4.78 is 38.3. The van der Waals surface area contributed by atoms with Crippen LogP contribution in [0.4, 0.5) is 0 Å². The van der Waals surface area contributed by atoms with Crippen molar-refractivity contribution in [2.75, 3.05) is 48.6 Å². The monoisotopic (exact) mass is 811 g/mol. The van der Waals surface area contributed by atoms with E-state index in [4.69, 9.17) is 28.4 Å². The topological polar surface area (TPSA) is 153 Å². The van der Waals surface area contributed by atoms with Crippen LogP contribution >= 0.6 is 0 Å². The SMILES string of the molecule is CCCCCCCCCCCC/C=C/C(=O)O[C@]12[C@H]3[C@@H](OC(=O)c4ccccc4)[C@](O)(C[C@H]3[C@@]34C5[C@@H]1[C@H](OC)[C@@H]3[C@](COC)(CN5C)[C@H](O)C[C@@H]4OC)[C@@H](OC)[C@@H]2O. The predicted molar refractivity (Wildman–Crippen MR) is 216 cm³/mol. The Hall–Kier alpha value is -2.42. The number of hydrogen-bond acceptors (Lipinski definition) is 12. The van der Waals surface area contributed by atoms with Gasteiger partial charge in [0.25, 0.3) is 0 Å². The Balaban J connectivity index is 1.27. The first-order valence-electron chi connectivity index (χ1n) is 22.0. The molecule has 324 valence electrons. The maximum atomic E-state index is 14.4. The van der Waals surface area contributed by atoms with Crippen molar-refractivity contribution in [3.8, 4) is 0 Å². The van der Waals surface area contributed by atoms with Crippen molar-refractivity contribution in [2.45, 2.75) is 144 Å². The average molecular weight is 812 g/mol. The molecule has 1 spiro atoms. The van der Waals surface area contributed by atoms with Gasteiger partial charge in [-0.15, -0.1) is 0 Å². The Morgan fingerprint density at radius 3 is 2.17 bits per heavy atom. The predicted octanol–water partition coefficient (Wildman–Crippen LogP) is 5.11. The summed E-state index contributed by atoms with van der Waals surface area (Å²) in [6, 6.07) is 8.22. The number of fused-ring (bicyclic) bond motifs is 2. The number of allylic oxidation sites excluding steroid dienone is 1. The number of hydrogen-bond donors (Lipinski definition) is 3. The number of rotatable bonds is 20. The molecule has 7 bridgehead atoms. The molecule has 0 aromatic heterocycles. The van der Waals surface area contributed by atoms with Gasteiger partial charge >= 0.3 is 11.9 Å². The molecule has 1 aliphatic heterocycles. The molecule has 1 aromatic rings. The smallest absolute Gasteiger partial charge is 0.338 e. The number of aliphatic hydroxyl groups excluding tert-OH is 2. The molecule has 12 heteroatoms. The highest BCUT2D eigenvalue weighted by Gasteiger charge is 2.92. The zero-order chi connectivity index (χ0) is 41.5. The van der Waals surface area contributed by atoms with E-state index in [0.29, 0.717) is 24.9 Å². The van der Waals surface area contributed by atoms with E-state index in [1.165, 1.54) is 58.1 Å². The molecule has 1 heterocycles. The number of methoxy groups -OCH3 is 4. The third-order valence-electron chi connectivity index (χ3n) is 15.8. The lowest BCUT2D eigenvalue weighted by Crippen LogP contribution is -2.81. The van der Waals surface area contributed by atoms with Crippen molar-refractivity contribution < 1.29 is 53.3 Å². The van der Waals surface area contributed by atoms with Crippen molar-refractivity contribution in [3.63, 3.8) is 0 Å². The summed E-state index contributed by atoms with van der Waals surface area (Å²) in [4.78, 5) is 30.6. The lowest BCUT2D eigenvalue weighted by molar-refractivity contribution is -0.320. The lowest BCUT2D eigenvalue weighted by Gasteiger charge is -2.70. The van der Waals surface area contributed by atoms with Crippen LogP contribution in [0.15, 0.2) is 42.5 Å². The highest BCUT2D eigenvalue weighted by molar-refractivity contribution is 5.89. The van der Waals surface area contributed by atoms with E-state index in [2.05, 4.69) is 11.8 Å². The van der Waals surface area contributed by atoms with Gasteiger partial charge in [-0.3, -0.25) is 0 Å². The summed E-state index contributed by atoms with van der Waals surface area (Å²) in [7, 11) is 8.33. The van der Waals surface area contributed by atoms with E-state index in [1.54, 1.807) is 51.7 Å². The molecule has 5 aliphatic carbocycles. The van der Waals surface area contributed by atoms with Crippen LogP contribution in [-0.2, 0) is 33.2 Å². The van der Waals surface area contributed by atoms with Crippen molar-refractivity contribution in [1.29, 1.82) is 0 Å². The molecule has 15 atom stereocenters. The van der Waals surface area contributed by atoms with E-state index in [0.717, 1.165) is 19.3 Å². The average Bonchev–Trinajstić information content (AvgIpc) is 3.61. The van der Waals surface area contributed by atoms with E-state index < -0.39 is 94.3 Å². The molecule has 1 aromatic carbocycles. The Morgan fingerprint density at radius 1 is 0.879 bits per heavy atom. The van der Waals surface area contributed by atoms with Crippen LogP contribution in [0, 0.1) is 34.5 Å². The zero-order valence-corrected chi connectivity index (χ0v) is 35.6. The van der Waals surface area contributed by atoms with Gasteiger partial charge in [0.15, 0.2) is 5.60 Å². The van der Waals surface area contributed by atoms with Gasteiger partial charge in [-0.05, 0) is 44.4 Å². The fraction of sp³-hybridized carbons (Fsp3) is 0.783. The molecular weight excluding hydrogens is 743 g/mol. The molecule has 58 heavy (non-hydrogen) atoms. The molecule has 6 aliphatic rings. The van der Waals surface area contributed by atoms with Gasteiger partial charge in [0.2, 0.25) is 0 Å². The van der Waals surface area contributed by atoms with Crippen LogP contribution in [0.2, 0.25) is 0 Å². The van der Waals surface area contributed by atoms with Crippen LogP contribution in [0.3, 0.4) is 0 Å². The number of likely N-dealkylation sites (tertiary alicyclic amines) is 1. The molecule has 0 radical (unpaired) electrons. The lowest BCUT2D eigenvalue weighted by atomic mass is 9.42. The number of carbonyl (C=O) groups is 2. The highest BCUT2D eigenvalue weighted by atomic mass is 16.6. The number of nitrogens with zero attached hydrogens (tertiary/aromatic N) is 1. The number of piperidine rings is 1. The number of ether oxygens (including phenoxy) is 6. The minimum Gasteiger partial charge on any atom is -0.455 e. The summed E-state index contributed by atoms with van der Waals surface area (Å²) >= 11 is 0. The quantitative estimate of drug-likeness (QED) is 0.0912. The van der Waals surface area contributed by atoms with Crippen molar-refractivity contribution in [2.24, 2.45) is 34.5 Å². The Labute approximate surface area is 344 Å². The molecular formula is C46H69NO11. The van der Waals surface area contributed by atoms with E-state index in [-0.39, 0.29) is 19.1 Å². The molecule has 7 rings (SSSR count). The van der Waals surface area contributed by atoms with Gasteiger partial charge in [-0.1, -0.05) is 89.0 Å². The van der Waals surface area contributed by atoms with Crippen LogP contribution in [0.25, 0.3) is 0 Å². The molecule has 5 saturated carbocycles. The van der Waals surface area contributed by atoms with Crippen LogP contribution < -0.4 is 0 Å². The van der Waals surface area contributed by atoms with Gasteiger partial charge < -0.3 is 48.6 Å². The summed E-state index contributed by atoms with van der Waals surface area (Å²) in [6.07, 6.45) is 10.5. The maximum absolute atomic E-state index is 14.4. The number of aliphatic hydroxyl groups is 3. The van der Waals surface area contributed by atoms with Crippen molar-refractivity contribution >= 4 is 11.9 Å². The van der Waals surface area contributed by atoms with E-state index >= 15 is 0 Å². The molecule has 6 fully saturated rings. The second-order valence-electron chi connectivity index (χ2n) is 18.5. The third-order valence-corrected chi connectivity index (χ3v) is 15.8. The number of esters is 2. The third kappa shape index (κ3) is 6.53. The number of unbranched alkanes of at least 4 members (excludes halogenated alkanes) is 10. The standard InChI is InChI=1S/C46H69NO11/c1-7-8-9-10-11-12-13-14-15-16-17-21-24-33(49)58-46-34-30(26-44(52,41(56-6)39(46)50)40(34)57-42(51)29-22-19-18-20-23-29)45-32(54-4)25-31(48)43(28-53-3)27-47(2)38(45)35(46)36(55-5)37(43)45/h18-24,30-32,34-41,48,50,52H,7-17,25-28H2,1-6H3/b24-21+/t30-,31-,32+,34-,35+,36+,37-,38?,39+,40-,41+,43+,44-,45+,46-/m1/s1. The first kappa shape index (κ1) is 43.7. The Kier molecular flexibility index (Phi) is 13.2. The van der Waals surface area contributed by atoms with Crippen LogP contribution in [-0.4, -0.2) is 135 Å². The second-order valence-corrected chi connectivity index (χ2v) is 18.5.